The van der Waals surface area contributed by atoms with Gasteiger partial charge in [0.25, 0.3) is 0 Å². The number of hydrogen-bond acceptors (Lipinski definition) is 13. The first kappa shape index (κ1) is 26.8. The lowest BCUT2D eigenvalue weighted by Gasteiger charge is -2.45. The third kappa shape index (κ3) is 7.18. The van der Waals surface area contributed by atoms with Crippen LogP contribution in [-0.4, -0.2) is 81.2 Å². The van der Waals surface area contributed by atoms with Crippen LogP contribution >= 0.6 is 0 Å². The van der Waals surface area contributed by atoms with Crippen molar-refractivity contribution in [3.8, 4) is 0 Å². The third-order valence-corrected chi connectivity index (χ3v) is 4.32. The van der Waals surface area contributed by atoms with Crippen LogP contribution in [0.25, 0.3) is 0 Å². The summed E-state index contributed by atoms with van der Waals surface area (Å²) in [6.45, 7) is 3.75. The molecule has 13 heteroatoms. The van der Waals surface area contributed by atoms with E-state index in [4.69, 9.17) is 23.7 Å². The Kier molecular flexibility index (Phi) is 10.0. The Labute approximate surface area is 183 Å². The molecule has 1 saturated heterocycles. The largest absolute Gasteiger partial charge is 0.468 e. The van der Waals surface area contributed by atoms with Crippen molar-refractivity contribution in [2.45, 2.75) is 52.3 Å². The SMILES string of the molecule is COC(=O)C(C(=O)OC)[C@H]1[C@H](OC(C)=O)O[C@H](COC(C)=O)[C@@H](OC(C)=O)[C@@H]1OC(C)=O. The summed E-state index contributed by atoms with van der Waals surface area (Å²) in [5, 5.41) is 0. The van der Waals surface area contributed by atoms with Gasteiger partial charge in [0.2, 0.25) is 6.29 Å². The number of carbonyl (C=O) groups excluding carboxylic acids is 6. The molecule has 13 nitrogen and oxygen atoms in total. The number of ether oxygens (including phenoxy) is 7. The van der Waals surface area contributed by atoms with Gasteiger partial charge in [0.1, 0.15) is 12.7 Å². The summed E-state index contributed by atoms with van der Waals surface area (Å²) in [6.07, 6.45) is -5.97. The summed E-state index contributed by atoms with van der Waals surface area (Å²) >= 11 is 0. The molecular formula is C19H26O13. The minimum absolute atomic E-state index is 0.489. The molecule has 1 heterocycles. The second kappa shape index (κ2) is 12.0. The van der Waals surface area contributed by atoms with Gasteiger partial charge in [-0.2, -0.15) is 0 Å². The van der Waals surface area contributed by atoms with Crippen LogP contribution in [0.3, 0.4) is 0 Å². The Morgan fingerprint density at radius 3 is 1.59 bits per heavy atom. The zero-order chi connectivity index (χ0) is 24.6. The molecule has 5 atom stereocenters. The average molecular weight is 462 g/mol. The van der Waals surface area contributed by atoms with E-state index < -0.39 is 78.9 Å². The first-order valence-electron chi connectivity index (χ1n) is 9.39. The molecule has 0 radical (unpaired) electrons. The molecule has 0 aromatic carbocycles. The summed E-state index contributed by atoms with van der Waals surface area (Å²) in [5.74, 6) is -8.84. The van der Waals surface area contributed by atoms with Crippen molar-refractivity contribution < 1.29 is 61.9 Å². The highest BCUT2D eigenvalue weighted by atomic mass is 16.7. The Hall–Kier alpha value is -3.22. The molecule has 0 bridgehead atoms. The molecule has 1 fully saturated rings. The van der Waals surface area contributed by atoms with Gasteiger partial charge < -0.3 is 33.2 Å². The molecule has 1 rings (SSSR count). The molecule has 32 heavy (non-hydrogen) atoms. The number of carbonyl (C=O) groups is 6. The van der Waals surface area contributed by atoms with Gasteiger partial charge in [-0.15, -0.1) is 0 Å². The second-order valence-electron chi connectivity index (χ2n) is 6.70. The minimum Gasteiger partial charge on any atom is -0.468 e. The van der Waals surface area contributed by atoms with Crippen LogP contribution in [0.4, 0.5) is 0 Å². The monoisotopic (exact) mass is 462 g/mol. The Morgan fingerprint density at radius 2 is 1.19 bits per heavy atom. The lowest BCUT2D eigenvalue weighted by atomic mass is 9.80. The second-order valence-corrected chi connectivity index (χ2v) is 6.70. The van der Waals surface area contributed by atoms with Crippen molar-refractivity contribution >= 4 is 35.8 Å². The summed E-state index contributed by atoms with van der Waals surface area (Å²) in [6, 6.07) is 0. The highest BCUT2D eigenvalue weighted by Gasteiger charge is 2.58. The van der Waals surface area contributed by atoms with Crippen LogP contribution in [0.1, 0.15) is 27.7 Å². The molecule has 0 spiro atoms. The predicted molar refractivity (Wildman–Crippen MR) is 99.2 cm³/mol. The quantitative estimate of drug-likeness (QED) is 0.252. The van der Waals surface area contributed by atoms with Gasteiger partial charge in [-0.3, -0.25) is 28.8 Å². The molecule has 0 aromatic heterocycles. The molecule has 0 unspecified atom stereocenters. The molecule has 1 aliphatic rings. The van der Waals surface area contributed by atoms with Gasteiger partial charge in [-0.1, -0.05) is 0 Å². The third-order valence-electron chi connectivity index (χ3n) is 4.32. The Bertz CT molecular complexity index is 730. The maximum atomic E-state index is 12.5. The maximum Gasteiger partial charge on any atom is 0.320 e. The topological polar surface area (TPSA) is 167 Å². The van der Waals surface area contributed by atoms with E-state index in [1.165, 1.54) is 0 Å². The molecule has 0 N–H and O–H groups in total. The van der Waals surface area contributed by atoms with Crippen molar-refractivity contribution in [1.29, 1.82) is 0 Å². The lowest BCUT2D eigenvalue weighted by Crippen LogP contribution is -2.63. The highest BCUT2D eigenvalue weighted by molar-refractivity contribution is 5.95. The molecule has 0 aromatic rings. The number of rotatable bonds is 8. The van der Waals surface area contributed by atoms with Gasteiger partial charge >= 0.3 is 35.8 Å². The maximum absolute atomic E-state index is 12.5. The minimum atomic E-state index is -1.80. The van der Waals surface area contributed by atoms with E-state index in [9.17, 15) is 28.8 Å². The van der Waals surface area contributed by atoms with E-state index >= 15 is 0 Å². The fourth-order valence-electron chi connectivity index (χ4n) is 3.21. The van der Waals surface area contributed by atoms with Crippen molar-refractivity contribution in [3.63, 3.8) is 0 Å². The van der Waals surface area contributed by atoms with Gasteiger partial charge in [0, 0.05) is 27.7 Å². The smallest absolute Gasteiger partial charge is 0.320 e. The van der Waals surface area contributed by atoms with Gasteiger partial charge in [0.15, 0.2) is 18.1 Å². The van der Waals surface area contributed by atoms with Crippen LogP contribution in [0, 0.1) is 11.8 Å². The summed E-state index contributed by atoms with van der Waals surface area (Å²) in [7, 11) is 1.99. The van der Waals surface area contributed by atoms with Crippen LogP contribution in [-0.2, 0) is 61.9 Å². The standard InChI is InChI=1S/C19H26O13/c1-8(20)28-7-12-15(29-9(2)21)16(30-10(3)22)13(19(32-12)31-11(4)23)14(17(24)26-5)18(25)27-6/h12-16,19H,7H2,1-6H3/t12-,13-,15-,16-,19-/m1/s1. The molecule has 1 aliphatic heterocycles. The fourth-order valence-corrected chi connectivity index (χ4v) is 3.21. The molecular weight excluding hydrogens is 436 g/mol. The first-order valence-corrected chi connectivity index (χ1v) is 9.39. The summed E-state index contributed by atoms with van der Waals surface area (Å²) in [5.41, 5.74) is 0. The first-order chi connectivity index (χ1) is 14.9. The average Bonchev–Trinajstić information content (AvgIpc) is 2.68. The van der Waals surface area contributed by atoms with Crippen LogP contribution < -0.4 is 0 Å². The molecule has 180 valence electrons. The molecule has 0 amide bonds. The van der Waals surface area contributed by atoms with Crippen molar-refractivity contribution in [3.05, 3.63) is 0 Å². The zero-order valence-corrected chi connectivity index (χ0v) is 18.5. The summed E-state index contributed by atoms with van der Waals surface area (Å²) < 4.78 is 35.5. The Morgan fingerprint density at radius 1 is 0.719 bits per heavy atom. The van der Waals surface area contributed by atoms with Gasteiger partial charge in [-0.25, -0.2) is 0 Å². The fraction of sp³-hybridized carbons (Fsp3) is 0.684. The van der Waals surface area contributed by atoms with E-state index in [1.807, 2.05) is 0 Å². The van der Waals surface area contributed by atoms with E-state index in [0.717, 1.165) is 41.9 Å². The molecule has 0 saturated carbocycles. The van der Waals surface area contributed by atoms with Gasteiger partial charge in [-0.05, 0) is 0 Å². The number of hydrogen-bond donors (Lipinski definition) is 0. The van der Waals surface area contributed by atoms with E-state index in [0.29, 0.717) is 0 Å². The predicted octanol–water partition coefficient (Wildman–Crippen LogP) is -0.721. The zero-order valence-electron chi connectivity index (χ0n) is 18.5. The van der Waals surface area contributed by atoms with Crippen LogP contribution in [0.15, 0.2) is 0 Å². The highest BCUT2D eigenvalue weighted by Crippen LogP contribution is 2.37. The number of esters is 6. The van der Waals surface area contributed by atoms with Crippen molar-refractivity contribution in [2.75, 3.05) is 20.8 Å². The van der Waals surface area contributed by atoms with E-state index in [-0.39, 0.29) is 0 Å². The van der Waals surface area contributed by atoms with Crippen molar-refractivity contribution in [1.82, 2.24) is 0 Å². The normalized spacial score (nSPS) is 24.7. The summed E-state index contributed by atoms with van der Waals surface area (Å²) in [4.78, 5) is 71.5. The Balaban J connectivity index is 3.64. The van der Waals surface area contributed by atoms with Crippen LogP contribution in [0.2, 0.25) is 0 Å². The lowest BCUT2D eigenvalue weighted by molar-refractivity contribution is -0.291. The van der Waals surface area contributed by atoms with E-state index in [2.05, 4.69) is 9.47 Å². The number of methoxy groups -OCH3 is 2. The van der Waals surface area contributed by atoms with Gasteiger partial charge in [0.05, 0.1) is 20.1 Å². The van der Waals surface area contributed by atoms with Crippen molar-refractivity contribution in [2.24, 2.45) is 11.8 Å². The molecule has 0 aliphatic carbocycles. The van der Waals surface area contributed by atoms with Crippen LogP contribution in [0.5, 0.6) is 0 Å². The van der Waals surface area contributed by atoms with E-state index in [1.54, 1.807) is 0 Å².